The normalized spacial score (nSPS) is 10.8. The minimum Gasteiger partial charge on any atom is -0.508 e. The molecular formula is C11H12N2O4. The van der Waals surface area contributed by atoms with E-state index in [0.29, 0.717) is 5.69 Å². The maximum Gasteiger partial charge on any atom is 0.352 e. The van der Waals surface area contributed by atoms with Gasteiger partial charge in [-0.3, -0.25) is 0 Å². The molecule has 2 N–H and O–H groups in total. The molecule has 6 heteroatoms. The molecule has 0 aliphatic heterocycles. The fourth-order valence-corrected chi connectivity index (χ4v) is 1.04. The lowest BCUT2D eigenvalue weighted by Gasteiger charge is -2.02. The number of methoxy groups -OCH3 is 1. The zero-order valence-electron chi connectivity index (χ0n) is 9.43. The number of aliphatic imine (C=N–C) groups is 1. The third-order valence-electron chi connectivity index (χ3n) is 1.87. The van der Waals surface area contributed by atoms with Crippen LogP contribution in [0, 0.1) is 0 Å². The Morgan fingerprint density at radius 2 is 1.88 bits per heavy atom. The van der Waals surface area contributed by atoms with Crippen LogP contribution in [-0.4, -0.2) is 29.9 Å². The SMILES string of the molecule is COC(=O)C(C)=NC(=O)Nc1ccc(O)cc1. The molecule has 0 unspecified atom stereocenters. The van der Waals surface area contributed by atoms with Crippen LogP contribution in [0.15, 0.2) is 29.3 Å². The standard InChI is InChI=1S/C11H12N2O4/c1-7(10(15)17-2)12-11(16)13-8-3-5-9(14)6-4-8/h3-6,14H,1-2H3,(H,13,16). The van der Waals surface area contributed by atoms with Crippen molar-refractivity contribution in [1.29, 1.82) is 0 Å². The zero-order valence-corrected chi connectivity index (χ0v) is 9.43. The van der Waals surface area contributed by atoms with Crippen molar-refractivity contribution in [1.82, 2.24) is 0 Å². The molecule has 0 bridgehead atoms. The summed E-state index contributed by atoms with van der Waals surface area (Å²) in [5.74, 6) is -0.567. The van der Waals surface area contributed by atoms with Crippen molar-refractivity contribution in [3.05, 3.63) is 24.3 Å². The lowest BCUT2D eigenvalue weighted by Crippen LogP contribution is -2.16. The summed E-state index contributed by atoms with van der Waals surface area (Å²) in [5, 5.41) is 11.5. The van der Waals surface area contributed by atoms with Crippen molar-refractivity contribution in [2.45, 2.75) is 6.92 Å². The van der Waals surface area contributed by atoms with Gasteiger partial charge in [-0.25, -0.2) is 9.59 Å². The van der Waals surface area contributed by atoms with E-state index in [1.54, 1.807) is 0 Å². The molecule has 0 fully saturated rings. The second-order valence-electron chi connectivity index (χ2n) is 3.17. The van der Waals surface area contributed by atoms with Gasteiger partial charge in [0.25, 0.3) is 0 Å². The third kappa shape index (κ3) is 3.94. The average Bonchev–Trinajstić information content (AvgIpc) is 2.30. The topological polar surface area (TPSA) is 88.0 Å². The lowest BCUT2D eigenvalue weighted by molar-refractivity contribution is -0.132. The Balaban J connectivity index is 2.67. The van der Waals surface area contributed by atoms with Crippen LogP contribution in [0.2, 0.25) is 0 Å². The van der Waals surface area contributed by atoms with E-state index in [2.05, 4.69) is 15.0 Å². The monoisotopic (exact) mass is 236 g/mol. The Bertz CT molecular complexity index is 451. The van der Waals surface area contributed by atoms with Crippen LogP contribution >= 0.6 is 0 Å². The maximum atomic E-state index is 11.4. The summed E-state index contributed by atoms with van der Waals surface area (Å²) in [7, 11) is 1.21. The van der Waals surface area contributed by atoms with Crippen molar-refractivity contribution >= 4 is 23.4 Å². The lowest BCUT2D eigenvalue weighted by atomic mass is 10.3. The Morgan fingerprint density at radius 1 is 1.29 bits per heavy atom. The summed E-state index contributed by atoms with van der Waals surface area (Å²) in [5.41, 5.74) is 0.429. The Hall–Kier alpha value is -2.37. The Morgan fingerprint density at radius 3 is 2.41 bits per heavy atom. The Kier molecular flexibility index (Phi) is 4.21. The predicted molar refractivity (Wildman–Crippen MR) is 62.3 cm³/mol. The highest BCUT2D eigenvalue weighted by molar-refractivity contribution is 6.37. The van der Waals surface area contributed by atoms with E-state index < -0.39 is 12.0 Å². The van der Waals surface area contributed by atoms with Crippen molar-refractivity contribution in [3.8, 4) is 5.75 Å². The minimum absolute atomic E-state index is 0.0382. The third-order valence-corrected chi connectivity index (χ3v) is 1.87. The van der Waals surface area contributed by atoms with Gasteiger partial charge in [0.15, 0.2) is 0 Å². The first-order chi connectivity index (χ1) is 8.02. The number of anilines is 1. The molecule has 0 atom stereocenters. The van der Waals surface area contributed by atoms with Gasteiger partial charge >= 0.3 is 12.0 Å². The average molecular weight is 236 g/mol. The van der Waals surface area contributed by atoms with E-state index in [-0.39, 0.29) is 11.5 Å². The molecule has 0 spiro atoms. The van der Waals surface area contributed by atoms with E-state index >= 15 is 0 Å². The molecule has 0 radical (unpaired) electrons. The number of benzene rings is 1. The second-order valence-corrected chi connectivity index (χ2v) is 3.17. The highest BCUT2D eigenvalue weighted by Crippen LogP contribution is 2.13. The van der Waals surface area contributed by atoms with Gasteiger partial charge in [-0.2, -0.15) is 4.99 Å². The number of hydrogen-bond donors (Lipinski definition) is 2. The van der Waals surface area contributed by atoms with Gasteiger partial charge in [-0.1, -0.05) is 0 Å². The van der Waals surface area contributed by atoms with Gasteiger partial charge in [-0.15, -0.1) is 0 Å². The van der Waals surface area contributed by atoms with E-state index in [1.165, 1.54) is 38.3 Å². The van der Waals surface area contributed by atoms with Crippen molar-refractivity contribution < 1.29 is 19.4 Å². The second kappa shape index (κ2) is 5.64. The number of phenols is 1. The van der Waals surface area contributed by atoms with E-state index in [4.69, 9.17) is 5.11 Å². The molecule has 0 aliphatic carbocycles. The number of nitrogens with one attached hydrogen (secondary N) is 1. The molecular weight excluding hydrogens is 224 g/mol. The van der Waals surface area contributed by atoms with Gasteiger partial charge in [0.05, 0.1) is 7.11 Å². The molecule has 6 nitrogen and oxygen atoms in total. The summed E-state index contributed by atoms with van der Waals surface area (Å²) in [6, 6.07) is 5.18. The van der Waals surface area contributed by atoms with E-state index in [9.17, 15) is 9.59 Å². The number of hydrogen-bond acceptors (Lipinski definition) is 4. The first-order valence-corrected chi connectivity index (χ1v) is 4.76. The molecule has 0 aliphatic rings. The number of rotatable bonds is 2. The smallest absolute Gasteiger partial charge is 0.352 e. The number of aromatic hydroxyl groups is 1. The summed E-state index contributed by atoms with van der Waals surface area (Å²) in [4.78, 5) is 25.8. The number of carbonyl (C=O) groups excluding carboxylic acids is 2. The summed E-state index contributed by atoms with van der Waals surface area (Å²) in [6.07, 6.45) is 0. The summed E-state index contributed by atoms with van der Waals surface area (Å²) >= 11 is 0. The van der Waals surface area contributed by atoms with Crippen LogP contribution in [-0.2, 0) is 9.53 Å². The molecule has 0 aromatic heterocycles. The van der Waals surface area contributed by atoms with Crippen LogP contribution in [0.4, 0.5) is 10.5 Å². The first-order valence-electron chi connectivity index (χ1n) is 4.76. The van der Waals surface area contributed by atoms with Gasteiger partial charge in [0.1, 0.15) is 11.5 Å². The van der Waals surface area contributed by atoms with E-state index in [1.807, 2.05) is 0 Å². The number of carbonyl (C=O) groups is 2. The molecule has 1 rings (SSSR count). The van der Waals surface area contributed by atoms with Gasteiger partial charge in [-0.05, 0) is 31.2 Å². The molecule has 1 aromatic carbocycles. The summed E-state index contributed by atoms with van der Waals surface area (Å²) in [6.45, 7) is 1.38. The number of esters is 1. The van der Waals surface area contributed by atoms with Gasteiger partial charge in [0, 0.05) is 5.69 Å². The number of urea groups is 1. The van der Waals surface area contributed by atoms with Crippen molar-refractivity contribution in [2.75, 3.05) is 12.4 Å². The quantitative estimate of drug-likeness (QED) is 0.463. The van der Waals surface area contributed by atoms with Crippen LogP contribution in [0.3, 0.4) is 0 Å². The molecule has 1 aromatic rings. The Labute approximate surface area is 97.9 Å². The number of phenolic OH excluding ortho intramolecular Hbond substituents is 1. The minimum atomic E-state index is -0.682. The number of amides is 2. The van der Waals surface area contributed by atoms with Crippen molar-refractivity contribution in [2.24, 2.45) is 4.99 Å². The molecule has 2 amide bonds. The number of nitrogens with zero attached hydrogens (tertiary/aromatic N) is 1. The molecule has 0 heterocycles. The van der Waals surface area contributed by atoms with Crippen molar-refractivity contribution in [3.63, 3.8) is 0 Å². The zero-order chi connectivity index (χ0) is 12.8. The summed E-state index contributed by atoms with van der Waals surface area (Å²) < 4.78 is 4.40. The molecule has 90 valence electrons. The number of ether oxygens (including phenoxy) is 1. The van der Waals surface area contributed by atoms with Gasteiger partial charge in [0.2, 0.25) is 0 Å². The fourth-order valence-electron chi connectivity index (χ4n) is 1.04. The highest BCUT2D eigenvalue weighted by atomic mass is 16.5. The van der Waals surface area contributed by atoms with Crippen LogP contribution in [0.25, 0.3) is 0 Å². The molecule has 0 saturated heterocycles. The van der Waals surface area contributed by atoms with E-state index in [0.717, 1.165) is 0 Å². The highest BCUT2D eigenvalue weighted by Gasteiger charge is 2.08. The molecule has 17 heavy (non-hydrogen) atoms. The van der Waals surface area contributed by atoms with Crippen LogP contribution in [0.5, 0.6) is 5.75 Å². The molecule has 0 saturated carbocycles. The predicted octanol–water partition coefficient (Wildman–Crippen LogP) is 1.56. The largest absolute Gasteiger partial charge is 0.508 e. The maximum absolute atomic E-state index is 11.4. The fraction of sp³-hybridized carbons (Fsp3) is 0.182. The van der Waals surface area contributed by atoms with Crippen LogP contribution < -0.4 is 5.32 Å². The van der Waals surface area contributed by atoms with Crippen LogP contribution in [0.1, 0.15) is 6.92 Å². The first kappa shape index (κ1) is 12.7. The van der Waals surface area contributed by atoms with Gasteiger partial charge < -0.3 is 15.2 Å².